The van der Waals surface area contributed by atoms with Crippen molar-refractivity contribution < 1.29 is 4.84 Å². The van der Waals surface area contributed by atoms with Gasteiger partial charge in [-0.15, -0.1) is 0 Å². The molecule has 114 valence electrons. The van der Waals surface area contributed by atoms with Gasteiger partial charge in [0, 0.05) is 10.0 Å². The average Bonchev–Trinajstić information content (AvgIpc) is 2.61. The lowest BCUT2D eigenvalue weighted by Gasteiger charge is -2.08. The van der Waals surface area contributed by atoms with Crippen molar-refractivity contribution >= 4 is 22.1 Å². The molecule has 23 heavy (non-hydrogen) atoms. The van der Waals surface area contributed by atoms with Crippen molar-refractivity contribution in [3.05, 3.63) is 94.5 Å². The van der Waals surface area contributed by atoms with Gasteiger partial charge in [0.15, 0.2) is 0 Å². The summed E-state index contributed by atoms with van der Waals surface area (Å²) in [5, 5.41) is 4.08. The van der Waals surface area contributed by atoms with Crippen molar-refractivity contribution in [3.8, 4) is 11.1 Å². The summed E-state index contributed by atoms with van der Waals surface area (Å²) < 4.78 is 0.997. The third-order valence-corrected chi connectivity index (χ3v) is 4.22. The first kappa shape index (κ1) is 15.5. The van der Waals surface area contributed by atoms with Gasteiger partial charge in [-0.25, -0.2) is 0 Å². The molecular weight excluding hydrogens is 350 g/mol. The maximum Gasteiger partial charge on any atom is 0.142 e. The normalized spacial score (nSPS) is 10.8. The Bertz CT molecular complexity index is 800. The molecule has 0 saturated heterocycles. The topological polar surface area (TPSA) is 21.6 Å². The Labute approximate surface area is 144 Å². The van der Waals surface area contributed by atoms with Crippen molar-refractivity contribution in [2.24, 2.45) is 5.16 Å². The van der Waals surface area contributed by atoms with Crippen molar-refractivity contribution in [1.82, 2.24) is 0 Å². The van der Waals surface area contributed by atoms with Crippen LogP contribution in [0.25, 0.3) is 11.1 Å². The van der Waals surface area contributed by atoms with Gasteiger partial charge in [-0.05, 0) is 22.8 Å². The molecule has 3 aromatic carbocycles. The summed E-state index contributed by atoms with van der Waals surface area (Å²) in [6, 6.07) is 26.4. The number of hydrogen-bond donors (Lipinski definition) is 0. The Kier molecular flexibility index (Phi) is 5.22. The van der Waals surface area contributed by atoms with Crippen LogP contribution in [0.1, 0.15) is 11.1 Å². The smallest absolute Gasteiger partial charge is 0.142 e. The van der Waals surface area contributed by atoms with Crippen LogP contribution in [0.4, 0.5) is 0 Å². The van der Waals surface area contributed by atoms with Crippen molar-refractivity contribution in [2.45, 2.75) is 6.61 Å². The second-order valence-corrected chi connectivity index (χ2v) is 5.91. The van der Waals surface area contributed by atoms with E-state index in [1.807, 2.05) is 54.6 Å². The fourth-order valence-corrected chi connectivity index (χ4v) is 2.71. The molecule has 0 unspecified atom stereocenters. The van der Waals surface area contributed by atoms with Crippen molar-refractivity contribution in [3.63, 3.8) is 0 Å². The molecule has 2 nitrogen and oxygen atoms in total. The van der Waals surface area contributed by atoms with Crippen LogP contribution in [0.3, 0.4) is 0 Å². The minimum atomic E-state index is 0.437. The van der Waals surface area contributed by atoms with Gasteiger partial charge < -0.3 is 4.84 Å². The van der Waals surface area contributed by atoms with Crippen LogP contribution in [-0.2, 0) is 11.4 Å². The van der Waals surface area contributed by atoms with E-state index < -0.39 is 0 Å². The van der Waals surface area contributed by atoms with E-state index in [9.17, 15) is 0 Å². The van der Waals surface area contributed by atoms with Crippen LogP contribution in [-0.4, -0.2) is 6.21 Å². The van der Waals surface area contributed by atoms with E-state index in [2.05, 4.69) is 45.4 Å². The second-order valence-electron chi connectivity index (χ2n) is 5.05. The first-order chi connectivity index (χ1) is 11.3. The molecule has 0 radical (unpaired) electrons. The predicted octanol–water partition coefficient (Wildman–Crippen LogP) is 5.67. The van der Waals surface area contributed by atoms with E-state index in [4.69, 9.17) is 4.84 Å². The molecule has 0 amide bonds. The van der Waals surface area contributed by atoms with Gasteiger partial charge in [0.1, 0.15) is 6.61 Å². The molecule has 0 saturated carbocycles. The monoisotopic (exact) mass is 365 g/mol. The lowest BCUT2D eigenvalue weighted by atomic mass is 10.0. The van der Waals surface area contributed by atoms with Gasteiger partial charge in [0.2, 0.25) is 0 Å². The number of oxime groups is 1. The van der Waals surface area contributed by atoms with Gasteiger partial charge in [-0.3, -0.25) is 0 Å². The predicted molar refractivity (Wildman–Crippen MR) is 98.4 cm³/mol. The Morgan fingerprint density at radius 2 is 1.52 bits per heavy atom. The summed E-state index contributed by atoms with van der Waals surface area (Å²) in [6.07, 6.45) is 1.72. The fourth-order valence-electron chi connectivity index (χ4n) is 2.33. The molecule has 3 heteroatoms. The molecule has 0 N–H and O–H groups in total. The molecular formula is C20H16BrNO. The van der Waals surface area contributed by atoms with Gasteiger partial charge in [0.25, 0.3) is 0 Å². The molecule has 3 rings (SSSR count). The number of halogens is 1. The maximum absolute atomic E-state index is 5.49. The van der Waals surface area contributed by atoms with Crippen LogP contribution in [0, 0.1) is 0 Å². The minimum Gasteiger partial charge on any atom is -0.391 e. The summed E-state index contributed by atoms with van der Waals surface area (Å²) in [4.78, 5) is 5.49. The largest absolute Gasteiger partial charge is 0.391 e. The van der Waals surface area contributed by atoms with Gasteiger partial charge in [0.05, 0.1) is 6.21 Å². The fraction of sp³-hybridized carbons (Fsp3) is 0.0500. The minimum absolute atomic E-state index is 0.437. The molecule has 0 aromatic heterocycles. The van der Waals surface area contributed by atoms with Gasteiger partial charge >= 0.3 is 0 Å². The summed E-state index contributed by atoms with van der Waals surface area (Å²) in [5.74, 6) is 0. The Balaban J connectivity index is 1.71. The molecule has 0 fully saturated rings. The zero-order valence-electron chi connectivity index (χ0n) is 12.5. The van der Waals surface area contributed by atoms with Crippen molar-refractivity contribution in [2.75, 3.05) is 0 Å². The van der Waals surface area contributed by atoms with E-state index in [-0.39, 0.29) is 0 Å². The first-order valence-electron chi connectivity index (χ1n) is 7.38. The Morgan fingerprint density at radius 3 is 2.35 bits per heavy atom. The SMILES string of the molecule is Brc1ccccc1C=NOCc1ccccc1-c1ccccc1. The number of nitrogens with zero attached hydrogens (tertiary/aromatic N) is 1. The molecule has 0 bridgehead atoms. The third kappa shape index (κ3) is 4.08. The molecule has 0 aliphatic heterocycles. The molecule has 0 aliphatic rings. The molecule has 0 aliphatic carbocycles. The van der Waals surface area contributed by atoms with Crippen LogP contribution in [0.2, 0.25) is 0 Å². The first-order valence-corrected chi connectivity index (χ1v) is 8.17. The van der Waals surface area contributed by atoms with E-state index in [0.29, 0.717) is 6.61 Å². The Morgan fingerprint density at radius 1 is 0.826 bits per heavy atom. The number of hydrogen-bond acceptors (Lipinski definition) is 2. The maximum atomic E-state index is 5.49. The van der Waals surface area contributed by atoms with E-state index in [0.717, 1.165) is 15.6 Å². The zero-order valence-corrected chi connectivity index (χ0v) is 14.1. The van der Waals surface area contributed by atoms with Gasteiger partial charge in [-0.2, -0.15) is 0 Å². The summed E-state index contributed by atoms with van der Waals surface area (Å²) >= 11 is 3.49. The van der Waals surface area contributed by atoms with Crippen LogP contribution in [0.15, 0.2) is 88.5 Å². The molecule has 0 heterocycles. The highest BCUT2D eigenvalue weighted by atomic mass is 79.9. The lowest BCUT2D eigenvalue weighted by Crippen LogP contribution is -1.92. The van der Waals surface area contributed by atoms with Crippen LogP contribution < -0.4 is 0 Å². The highest BCUT2D eigenvalue weighted by molar-refractivity contribution is 9.10. The van der Waals surface area contributed by atoms with Gasteiger partial charge in [-0.1, -0.05) is 93.9 Å². The highest BCUT2D eigenvalue weighted by Gasteiger charge is 2.04. The molecule has 3 aromatic rings. The quantitative estimate of drug-likeness (QED) is 0.421. The summed E-state index contributed by atoms with van der Waals surface area (Å²) in [5.41, 5.74) is 4.46. The lowest BCUT2D eigenvalue weighted by molar-refractivity contribution is 0.132. The third-order valence-electron chi connectivity index (χ3n) is 3.49. The zero-order chi connectivity index (χ0) is 15.9. The van der Waals surface area contributed by atoms with E-state index in [1.54, 1.807) is 6.21 Å². The summed E-state index contributed by atoms with van der Waals surface area (Å²) in [7, 11) is 0. The molecule has 0 atom stereocenters. The number of benzene rings is 3. The van der Waals surface area contributed by atoms with E-state index >= 15 is 0 Å². The number of rotatable bonds is 5. The van der Waals surface area contributed by atoms with Crippen LogP contribution >= 0.6 is 15.9 Å². The van der Waals surface area contributed by atoms with Crippen LogP contribution in [0.5, 0.6) is 0 Å². The highest BCUT2D eigenvalue weighted by Crippen LogP contribution is 2.24. The van der Waals surface area contributed by atoms with E-state index in [1.165, 1.54) is 11.1 Å². The standard InChI is InChI=1S/C20H16BrNO/c21-20-13-7-5-10-17(20)14-22-23-15-18-11-4-6-12-19(18)16-8-2-1-3-9-16/h1-14H,15H2. The Hall–Kier alpha value is -2.39. The molecule has 0 spiro atoms. The second kappa shape index (κ2) is 7.75. The van der Waals surface area contributed by atoms with Crippen molar-refractivity contribution in [1.29, 1.82) is 0 Å². The summed E-state index contributed by atoms with van der Waals surface area (Å²) in [6.45, 7) is 0.437. The average molecular weight is 366 g/mol.